The number of phenolic OH excluding ortho intramolecular Hbond substituents is 1. The smallest absolute Gasteiger partial charge is 0.115 e. The molecule has 0 radical (unpaired) electrons. The Morgan fingerprint density at radius 1 is 1.19 bits per heavy atom. The summed E-state index contributed by atoms with van der Waals surface area (Å²) in [5.74, 6) is 0.865. The largest absolute Gasteiger partial charge is 0.508 e. The third kappa shape index (κ3) is 2.66. The zero-order chi connectivity index (χ0) is 11.6. The zero-order valence-electron chi connectivity index (χ0n) is 10.1. The Balaban J connectivity index is 2.19. The summed E-state index contributed by atoms with van der Waals surface area (Å²) in [6.07, 6.45) is 8.42. The first-order valence-electron chi connectivity index (χ1n) is 6.05. The van der Waals surface area contributed by atoms with Crippen LogP contribution in [0.3, 0.4) is 0 Å². The number of hydrogen-bond acceptors (Lipinski definition) is 1. The van der Waals surface area contributed by atoms with E-state index in [2.05, 4.69) is 26.0 Å². The highest BCUT2D eigenvalue weighted by atomic mass is 16.3. The molecule has 86 valence electrons. The summed E-state index contributed by atoms with van der Waals surface area (Å²) in [6, 6.07) is 7.61. The maximum absolute atomic E-state index is 9.28. The van der Waals surface area contributed by atoms with Crippen LogP contribution < -0.4 is 0 Å². The Hall–Kier alpha value is -1.24. The van der Waals surface area contributed by atoms with Crippen LogP contribution >= 0.6 is 0 Å². The van der Waals surface area contributed by atoms with Gasteiger partial charge in [-0.25, -0.2) is 0 Å². The van der Waals surface area contributed by atoms with Crippen molar-refractivity contribution in [3.8, 4) is 5.75 Å². The Bertz CT molecular complexity index is 373. The summed E-state index contributed by atoms with van der Waals surface area (Å²) in [4.78, 5) is 0. The Morgan fingerprint density at radius 2 is 1.88 bits per heavy atom. The standard InChI is InChI=1S/C15H20O/c1-15(2)10-3-4-12(9-11-15)13-5-7-14(16)8-6-13/h5-9,11-12,16H,3-4,10H2,1-2H3. The van der Waals surface area contributed by atoms with Crippen molar-refractivity contribution in [2.45, 2.75) is 39.0 Å². The second-order valence-corrected chi connectivity index (χ2v) is 5.44. The highest BCUT2D eigenvalue weighted by molar-refractivity contribution is 5.31. The molecule has 0 saturated heterocycles. The van der Waals surface area contributed by atoms with Crippen molar-refractivity contribution in [3.63, 3.8) is 0 Å². The van der Waals surface area contributed by atoms with Gasteiger partial charge in [0.2, 0.25) is 0 Å². The molecule has 2 rings (SSSR count). The molecule has 1 unspecified atom stereocenters. The van der Waals surface area contributed by atoms with Crippen LogP contribution in [0.4, 0.5) is 0 Å². The van der Waals surface area contributed by atoms with Crippen molar-refractivity contribution in [3.05, 3.63) is 42.0 Å². The van der Waals surface area contributed by atoms with Gasteiger partial charge in [0.1, 0.15) is 5.75 Å². The number of phenols is 1. The van der Waals surface area contributed by atoms with Crippen LogP contribution in [0.2, 0.25) is 0 Å². The van der Waals surface area contributed by atoms with Gasteiger partial charge in [-0.2, -0.15) is 0 Å². The van der Waals surface area contributed by atoms with Crippen LogP contribution in [0.25, 0.3) is 0 Å². The molecule has 1 aromatic rings. The van der Waals surface area contributed by atoms with Gasteiger partial charge in [0.15, 0.2) is 0 Å². The minimum atomic E-state index is 0.339. The predicted octanol–water partition coefficient (Wildman–Crippen LogP) is 4.24. The van der Waals surface area contributed by atoms with Gasteiger partial charge in [0, 0.05) is 5.92 Å². The van der Waals surface area contributed by atoms with Crippen LogP contribution in [0.15, 0.2) is 36.4 Å². The minimum Gasteiger partial charge on any atom is -0.508 e. The predicted molar refractivity (Wildman–Crippen MR) is 67.6 cm³/mol. The van der Waals surface area contributed by atoms with Crippen LogP contribution in [-0.2, 0) is 0 Å². The maximum Gasteiger partial charge on any atom is 0.115 e. The molecule has 0 spiro atoms. The van der Waals surface area contributed by atoms with Gasteiger partial charge in [0.25, 0.3) is 0 Å². The van der Waals surface area contributed by atoms with E-state index in [1.54, 1.807) is 12.1 Å². The van der Waals surface area contributed by atoms with Gasteiger partial charge in [-0.15, -0.1) is 0 Å². The fourth-order valence-corrected chi connectivity index (χ4v) is 2.33. The lowest BCUT2D eigenvalue weighted by Crippen LogP contribution is -2.04. The van der Waals surface area contributed by atoms with Crippen molar-refractivity contribution in [1.82, 2.24) is 0 Å². The molecule has 0 heterocycles. The lowest BCUT2D eigenvalue weighted by molar-refractivity contribution is 0.423. The summed E-state index contributed by atoms with van der Waals surface area (Å²) in [7, 11) is 0. The van der Waals surface area contributed by atoms with E-state index in [-0.39, 0.29) is 0 Å². The van der Waals surface area contributed by atoms with E-state index in [9.17, 15) is 5.11 Å². The van der Waals surface area contributed by atoms with Crippen LogP contribution in [0.5, 0.6) is 5.75 Å². The number of aromatic hydroxyl groups is 1. The normalized spacial score (nSPS) is 24.0. The van der Waals surface area contributed by atoms with Gasteiger partial charge < -0.3 is 5.11 Å². The molecule has 0 aromatic heterocycles. The molecule has 1 aliphatic rings. The fourth-order valence-electron chi connectivity index (χ4n) is 2.33. The molecule has 1 N–H and O–H groups in total. The van der Waals surface area contributed by atoms with Gasteiger partial charge in [-0.05, 0) is 36.0 Å². The maximum atomic E-state index is 9.28. The summed E-state index contributed by atoms with van der Waals surface area (Å²) < 4.78 is 0. The average Bonchev–Trinajstić information content (AvgIpc) is 2.41. The molecule has 1 atom stereocenters. The monoisotopic (exact) mass is 216 g/mol. The van der Waals surface area contributed by atoms with Gasteiger partial charge in [-0.3, -0.25) is 0 Å². The Kier molecular flexibility index (Phi) is 3.04. The second kappa shape index (κ2) is 4.32. The molecule has 1 heteroatoms. The third-order valence-electron chi connectivity index (χ3n) is 3.44. The summed E-state index contributed by atoms with van der Waals surface area (Å²) in [5.41, 5.74) is 1.65. The lowest BCUT2D eigenvalue weighted by Gasteiger charge is -2.17. The molecule has 1 nitrogen and oxygen atoms in total. The van der Waals surface area contributed by atoms with E-state index in [0.29, 0.717) is 17.1 Å². The topological polar surface area (TPSA) is 20.2 Å². The van der Waals surface area contributed by atoms with Crippen molar-refractivity contribution in [1.29, 1.82) is 0 Å². The van der Waals surface area contributed by atoms with Gasteiger partial charge in [-0.1, -0.05) is 44.6 Å². The second-order valence-electron chi connectivity index (χ2n) is 5.44. The van der Waals surface area contributed by atoms with Crippen LogP contribution in [0, 0.1) is 5.41 Å². The Labute approximate surface area is 97.8 Å². The fraction of sp³-hybridized carbons (Fsp3) is 0.467. The van der Waals surface area contributed by atoms with Crippen LogP contribution in [0.1, 0.15) is 44.6 Å². The van der Waals surface area contributed by atoms with E-state index >= 15 is 0 Å². The molecule has 16 heavy (non-hydrogen) atoms. The van der Waals surface area contributed by atoms with E-state index < -0.39 is 0 Å². The first-order chi connectivity index (χ1) is 7.57. The van der Waals surface area contributed by atoms with Crippen molar-refractivity contribution in [2.75, 3.05) is 0 Å². The van der Waals surface area contributed by atoms with Crippen molar-refractivity contribution >= 4 is 0 Å². The van der Waals surface area contributed by atoms with Gasteiger partial charge >= 0.3 is 0 Å². The molecule has 0 aliphatic heterocycles. The van der Waals surface area contributed by atoms with E-state index in [1.807, 2.05) is 12.1 Å². The number of rotatable bonds is 1. The SMILES string of the molecule is CC1(C)C=CC(c2ccc(O)cc2)CCC1. The zero-order valence-corrected chi connectivity index (χ0v) is 10.1. The Morgan fingerprint density at radius 3 is 2.56 bits per heavy atom. The van der Waals surface area contributed by atoms with E-state index in [0.717, 1.165) is 0 Å². The number of allylic oxidation sites excluding steroid dienone is 2. The minimum absolute atomic E-state index is 0.339. The first-order valence-corrected chi connectivity index (χ1v) is 6.05. The lowest BCUT2D eigenvalue weighted by atomic mass is 9.89. The highest BCUT2D eigenvalue weighted by Crippen LogP contribution is 2.35. The number of hydrogen-bond donors (Lipinski definition) is 1. The highest BCUT2D eigenvalue weighted by Gasteiger charge is 2.19. The van der Waals surface area contributed by atoms with Gasteiger partial charge in [0.05, 0.1) is 0 Å². The van der Waals surface area contributed by atoms with Crippen LogP contribution in [-0.4, -0.2) is 5.11 Å². The molecule has 0 bridgehead atoms. The molecular weight excluding hydrogens is 196 g/mol. The summed E-state index contributed by atoms with van der Waals surface area (Å²) >= 11 is 0. The summed E-state index contributed by atoms with van der Waals surface area (Å²) in [6.45, 7) is 4.59. The third-order valence-corrected chi connectivity index (χ3v) is 3.44. The van der Waals surface area contributed by atoms with E-state index in [1.165, 1.54) is 24.8 Å². The molecular formula is C15H20O. The molecule has 0 fully saturated rings. The quantitative estimate of drug-likeness (QED) is 0.696. The number of benzene rings is 1. The first kappa shape index (κ1) is 11.3. The van der Waals surface area contributed by atoms with E-state index in [4.69, 9.17) is 0 Å². The van der Waals surface area contributed by atoms with Crippen molar-refractivity contribution in [2.24, 2.45) is 5.41 Å². The average molecular weight is 216 g/mol. The summed E-state index contributed by atoms with van der Waals surface area (Å²) in [5, 5.41) is 9.28. The molecule has 0 saturated carbocycles. The molecule has 1 aliphatic carbocycles. The molecule has 1 aromatic carbocycles. The molecule has 0 amide bonds. The van der Waals surface area contributed by atoms with Crippen molar-refractivity contribution < 1.29 is 5.11 Å².